The highest BCUT2D eigenvalue weighted by Gasteiger charge is 2.29. The highest BCUT2D eigenvalue weighted by atomic mass is 19.1. The molecule has 1 fully saturated rings. The molecular weight excluding hydrogens is 207 g/mol. The van der Waals surface area contributed by atoms with Crippen molar-refractivity contribution in [3.05, 3.63) is 30.1 Å². The Hall–Kier alpha value is -1.42. The molecule has 86 valence electrons. The number of para-hydroxylation sites is 1. The van der Waals surface area contributed by atoms with Crippen LogP contribution in [0.3, 0.4) is 0 Å². The first-order valence-electron chi connectivity index (χ1n) is 5.47. The van der Waals surface area contributed by atoms with Crippen LogP contribution in [-0.2, 0) is 4.79 Å². The van der Waals surface area contributed by atoms with Gasteiger partial charge in [-0.2, -0.15) is 0 Å². The van der Waals surface area contributed by atoms with E-state index in [9.17, 15) is 9.18 Å². The smallest absolute Gasteiger partial charge is 0.241 e. The SMILES string of the molecule is CC1CCNC1C(=O)Nc1ccccc1F. The number of carbonyl (C=O) groups is 1. The van der Waals surface area contributed by atoms with E-state index in [2.05, 4.69) is 10.6 Å². The minimum atomic E-state index is -0.401. The Kier molecular flexibility index (Phi) is 3.19. The molecule has 4 heteroatoms. The molecule has 0 bridgehead atoms. The van der Waals surface area contributed by atoms with Crippen LogP contribution < -0.4 is 10.6 Å². The largest absolute Gasteiger partial charge is 0.322 e. The van der Waals surface area contributed by atoms with E-state index in [1.165, 1.54) is 6.07 Å². The summed E-state index contributed by atoms with van der Waals surface area (Å²) in [6.07, 6.45) is 0.982. The van der Waals surface area contributed by atoms with Gasteiger partial charge in [0, 0.05) is 0 Å². The minimum Gasteiger partial charge on any atom is -0.322 e. The number of rotatable bonds is 2. The van der Waals surface area contributed by atoms with E-state index in [1.807, 2.05) is 6.92 Å². The summed E-state index contributed by atoms with van der Waals surface area (Å²) < 4.78 is 13.3. The Bertz CT molecular complexity index is 394. The van der Waals surface area contributed by atoms with Crippen molar-refractivity contribution in [1.82, 2.24) is 5.32 Å². The number of anilines is 1. The number of hydrogen-bond acceptors (Lipinski definition) is 2. The van der Waals surface area contributed by atoms with Gasteiger partial charge in [-0.1, -0.05) is 19.1 Å². The molecule has 3 nitrogen and oxygen atoms in total. The molecule has 0 aliphatic carbocycles. The summed E-state index contributed by atoms with van der Waals surface area (Å²) in [6.45, 7) is 2.86. The second kappa shape index (κ2) is 4.61. The van der Waals surface area contributed by atoms with Crippen LogP contribution in [-0.4, -0.2) is 18.5 Å². The molecule has 0 aromatic heterocycles. The Balaban J connectivity index is 2.05. The van der Waals surface area contributed by atoms with Crippen molar-refractivity contribution in [3.8, 4) is 0 Å². The molecule has 0 saturated carbocycles. The van der Waals surface area contributed by atoms with Crippen LogP contribution in [0.1, 0.15) is 13.3 Å². The van der Waals surface area contributed by atoms with Crippen LogP contribution in [0.15, 0.2) is 24.3 Å². The number of hydrogen-bond donors (Lipinski definition) is 2. The lowest BCUT2D eigenvalue weighted by Crippen LogP contribution is -2.39. The van der Waals surface area contributed by atoms with E-state index in [-0.39, 0.29) is 17.6 Å². The first-order chi connectivity index (χ1) is 7.68. The van der Waals surface area contributed by atoms with Gasteiger partial charge < -0.3 is 10.6 Å². The third-order valence-corrected chi connectivity index (χ3v) is 2.95. The second-order valence-electron chi connectivity index (χ2n) is 4.17. The van der Waals surface area contributed by atoms with E-state index in [1.54, 1.807) is 18.2 Å². The van der Waals surface area contributed by atoms with E-state index >= 15 is 0 Å². The number of nitrogens with one attached hydrogen (secondary N) is 2. The molecular formula is C12H15FN2O. The Morgan fingerprint density at radius 3 is 2.88 bits per heavy atom. The maximum atomic E-state index is 13.3. The summed E-state index contributed by atoms with van der Waals surface area (Å²) in [5, 5.41) is 5.72. The van der Waals surface area contributed by atoms with Gasteiger partial charge in [0.1, 0.15) is 5.82 Å². The lowest BCUT2D eigenvalue weighted by molar-refractivity contribution is -0.118. The summed E-state index contributed by atoms with van der Waals surface area (Å²) >= 11 is 0. The summed E-state index contributed by atoms with van der Waals surface area (Å²) in [5.74, 6) is -0.261. The maximum absolute atomic E-state index is 13.3. The van der Waals surface area contributed by atoms with Crippen LogP contribution in [0.5, 0.6) is 0 Å². The van der Waals surface area contributed by atoms with Crippen molar-refractivity contribution in [2.75, 3.05) is 11.9 Å². The fourth-order valence-corrected chi connectivity index (χ4v) is 1.96. The zero-order valence-electron chi connectivity index (χ0n) is 9.16. The molecule has 1 aromatic rings. The molecule has 1 amide bonds. The molecule has 2 N–H and O–H groups in total. The quantitative estimate of drug-likeness (QED) is 0.800. The third kappa shape index (κ3) is 2.22. The second-order valence-corrected chi connectivity index (χ2v) is 4.17. The summed E-state index contributed by atoms with van der Waals surface area (Å²) in [6, 6.07) is 5.99. The van der Waals surface area contributed by atoms with Crippen LogP contribution in [0.25, 0.3) is 0 Å². The van der Waals surface area contributed by atoms with Gasteiger partial charge in [0.05, 0.1) is 11.7 Å². The predicted octanol–water partition coefficient (Wildman–Crippen LogP) is 1.76. The molecule has 1 aliphatic rings. The van der Waals surface area contributed by atoms with Crippen LogP contribution in [0.4, 0.5) is 10.1 Å². The molecule has 0 radical (unpaired) electrons. The molecule has 1 aromatic carbocycles. The van der Waals surface area contributed by atoms with Gasteiger partial charge >= 0.3 is 0 Å². The van der Waals surface area contributed by atoms with Crippen LogP contribution in [0, 0.1) is 11.7 Å². The third-order valence-electron chi connectivity index (χ3n) is 2.95. The minimum absolute atomic E-state index is 0.157. The summed E-state index contributed by atoms with van der Waals surface area (Å²) in [4.78, 5) is 11.8. The van der Waals surface area contributed by atoms with Crippen molar-refractivity contribution >= 4 is 11.6 Å². The number of carbonyl (C=O) groups excluding carboxylic acids is 1. The van der Waals surface area contributed by atoms with Crippen LogP contribution in [0.2, 0.25) is 0 Å². The molecule has 1 saturated heterocycles. The lowest BCUT2D eigenvalue weighted by Gasteiger charge is -2.15. The van der Waals surface area contributed by atoms with Gasteiger partial charge in [-0.15, -0.1) is 0 Å². The van der Waals surface area contributed by atoms with E-state index < -0.39 is 5.82 Å². The zero-order valence-corrected chi connectivity index (χ0v) is 9.16. The van der Waals surface area contributed by atoms with E-state index in [4.69, 9.17) is 0 Å². The molecule has 1 aliphatic heterocycles. The molecule has 2 atom stereocenters. The Morgan fingerprint density at radius 2 is 2.25 bits per heavy atom. The predicted molar refractivity (Wildman–Crippen MR) is 60.6 cm³/mol. The number of benzene rings is 1. The van der Waals surface area contributed by atoms with Crippen molar-refractivity contribution in [3.63, 3.8) is 0 Å². The van der Waals surface area contributed by atoms with Gasteiger partial charge in [0.25, 0.3) is 0 Å². The average Bonchev–Trinajstić information content (AvgIpc) is 2.68. The lowest BCUT2D eigenvalue weighted by atomic mass is 10.0. The fraction of sp³-hybridized carbons (Fsp3) is 0.417. The van der Waals surface area contributed by atoms with Gasteiger partial charge in [0.2, 0.25) is 5.91 Å². The molecule has 2 unspecified atom stereocenters. The first kappa shape index (κ1) is 11.1. The zero-order chi connectivity index (χ0) is 11.5. The van der Waals surface area contributed by atoms with Crippen molar-refractivity contribution < 1.29 is 9.18 Å². The monoisotopic (exact) mass is 222 g/mol. The standard InChI is InChI=1S/C12H15FN2O/c1-8-6-7-14-11(8)12(16)15-10-5-3-2-4-9(10)13/h2-5,8,11,14H,6-7H2,1H3,(H,15,16). The normalized spacial score (nSPS) is 24.4. The maximum Gasteiger partial charge on any atom is 0.241 e. The van der Waals surface area contributed by atoms with Crippen molar-refractivity contribution in [2.24, 2.45) is 5.92 Å². The topological polar surface area (TPSA) is 41.1 Å². The average molecular weight is 222 g/mol. The molecule has 2 rings (SSSR count). The molecule has 1 heterocycles. The first-order valence-corrected chi connectivity index (χ1v) is 5.47. The van der Waals surface area contributed by atoms with Crippen LogP contribution >= 0.6 is 0 Å². The van der Waals surface area contributed by atoms with Crippen molar-refractivity contribution in [2.45, 2.75) is 19.4 Å². The van der Waals surface area contributed by atoms with E-state index in [0.717, 1.165) is 13.0 Å². The van der Waals surface area contributed by atoms with Gasteiger partial charge in [-0.05, 0) is 31.0 Å². The number of amides is 1. The Morgan fingerprint density at radius 1 is 1.50 bits per heavy atom. The molecule has 16 heavy (non-hydrogen) atoms. The fourth-order valence-electron chi connectivity index (χ4n) is 1.96. The summed E-state index contributed by atoms with van der Waals surface area (Å²) in [7, 11) is 0. The molecule has 0 spiro atoms. The Labute approximate surface area is 94.0 Å². The van der Waals surface area contributed by atoms with Gasteiger partial charge in [0.15, 0.2) is 0 Å². The van der Waals surface area contributed by atoms with Gasteiger partial charge in [-0.25, -0.2) is 4.39 Å². The highest BCUT2D eigenvalue weighted by molar-refractivity contribution is 5.95. The summed E-state index contributed by atoms with van der Waals surface area (Å²) in [5.41, 5.74) is 0.244. The highest BCUT2D eigenvalue weighted by Crippen LogP contribution is 2.18. The van der Waals surface area contributed by atoms with Gasteiger partial charge in [-0.3, -0.25) is 4.79 Å². The van der Waals surface area contributed by atoms with E-state index in [0.29, 0.717) is 5.92 Å². The van der Waals surface area contributed by atoms with Crippen molar-refractivity contribution in [1.29, 1.82) is 0 Å². The number of halogens is 1.